The summed E-state index contributed by atoms with van der Waals surface area (Å²) in [6.07, 6.45) is 2.16. The summed E-state index contributed by atoms with van der Waals surface area (Å²) in [6.45, 7) is 0.700. The van der Waals surface area contributed by atoms with Crippen molar-refractivity contribution in [1.82, 2.24) is 14.5 Å². The van der Waals surface area contributed by atoms with Crippen LogP contribution >= 0.6 is 23.1 Å². The molecule has 1 aliphatic heterocycles. The number of thioether (sulfide) groups is 1. The highest BCUT2D eigenvalue weighted by Crippen LogP contribution is 2.29. The number of carbonyl (C=O) groups excluding carboxylic acids is 2. The predicted octanol–water partition coefficient (Wildman–Crippen LogP) is 2.23. The second-order valence-electron chi connectivity index (χ2n) is 6.78. The number of benzene rings is 1. The lowest BCUT2D eigenvalue weighted by atomic mass is 9.97. The third-order valence-electron chi connectivity index (χ3n) is 4.67. The van der Waals surface area contributed by atoms with Gasteiger partial charge in [0, 0.05) is 24.8 Å². The van der Waals surface area contributed by atoms with E-state index < -0.39 is 10.0 Å². The summed E-state index contributed by atoms with van der Waals surface area (Å²) in [5.41, 5.74) is 1.51. The molecule has 0 radical (unpaired) electrons. The van der Waals surface area contributed by atoms with Gasteiger partial charge in [0.2, 0.25) is 21.1 Å². The van der Waals surface area contributed by atoms with Crippen molar-refractivity contribution in [3.8, 4) is 0 Å². The van der Waals surface area contributed by atoms with Crippen molar-refractivity contribution < 1.29 is 22.7 Å². The number of carbonyl (C=O) groups is 2. The Morgan fingerprint density at radius 2 is 1.90 bits per heavy atom. The third-order valence-corrected chi connectivity index (χ3v) is 8.01. The number of aromatic nitrogens is 2. The van der Waals surface area contributed by atoms with E-state index in [2.05, 4.69) is 20.3 Å². The predicted molar refractivity (Wildman–Crippen MR) is 115 cm³/mol. The zero-order valence-corrected chi connectivity index (χ0v) is 19.0. The van der Waals surface area contributed by atoms with Crippen molar-refractivity contribution in [3.63, 3.8) is 0 Å². The second-order valence-corrected chi connectivity index (χ2v) is 11.0. The van der Waals surface area contributed by atoms with Gasteiger partial charge in [0.05, 0.1) is 18.9 Å². The molecule has 3 rings (SSSR count). The minimum atomic E-state index is -3.21. The normalized spacial score (nSPS) is 15.7. The topological polar surface area (TPSA) is 119 Å². The first-order valence-electron chi connectivity index (χ1n) is 9.16. The van der Waals surface area contributed by atoms with Gasteiger partial charge in [-0.1, -0.05) is 35.2 Å². The average Bonchev–Trinajstić information content (AvgIpc) is 3.18. The van der Waals surface area contributed by atoms with Crippen LogP contribution in [0, 0.1) is 5.92 Å². The fourth-order valence-corrected chi connectivity index (χ4v) is 5.56. The zero-order chi connectivity index (χ0) is 21.7. The molecule has 0 bridgehead atoms. The van der Waals surface area contributed by atoms with E-state index in [1.165, 1.54) is 40.8 Å². The summed E-state index contributed by atoms with van der Waals surface area (Å²) in [5, 5.41) is 11.3. The Kier molecular flexibility index (Phi) is 7.45. The maximum atomic E-state index is 12.4. The molecule has 1 aliphatic rings. The Bertz CT molecular complexity index is 999. The molecule has 9 nitrogen and oxygen atoms in total. The number of nitrogens with one attached hydrogen (secondary N) is 1. The smallest absolute Gasteiger partial charge is 0.337 e. The van der Waals surface area contributed by atoms with Crippen LogP contribution in [0.5, 0.6) is 0 Å². The Morgan fingerprint density at radius 1 is 1.23 bits per heavy atom. The minimum Gasteiger partial charge on any atom is -0.465 e. The number of anilines is 1. The standard InChI is InChI=1S/C18H22N4O5S3/c1-27-16(24)14-5-3-12(4-6-14)11-28-18-21-20-17(29-18)19-15(23)13-7-9-22(10-8-13)30(2,25)26/h3-6,13H,7-11H2,1-2H3,(H,19,20,23). The number of nitrogens with zero attached hydrogens (tertiary/aromatic N) is 3. The summed E-state index contributed by atoms with van der Waals surface area (Å²) in [5.74, 6) is -0.125. The maximum Gasteiger partial charge on any atom is 0.337 e. The summed E-state index contributed by atoms with van der Waals surface area (Å²) in [6, 6.07) is 7.13. The van der Waals surface area contributed by atoms with Crippen molar-refractivity contribution >= 4 is 50.1 Å². The number of piperidine rings is 1. The van der Waals surface area contributed by atoms with E-state index in [1.54, 1.807) is 12.1 Å². The van der Waals surface area contributed by atoms with E-state index in [-0.39, 0.29) is 17.8 Å². The van der Waals surface area contributed by atoms with E-state index >= 15 is 0 Å². The van der Waals surface area contributed by atoms with E-state index in [0.29, 0.717) is 46.7 Å². The van der Waals surface area contributed by atoms with Gasteiger partial charge < -0.3 is 10.1 Å². The molecule has 162 valence electrons. The fourth-order valence-electron chi connectivity index (χ4n) is 2.98. The third kappa shape index (κ3) is 6.00. The molecule has 0 aliphatic carbocycles. The molecule has 1 fully saturated rings. The lowest BCUT2D eigenvalue weighted by molar-refractivity contribution is -0.120. The average molecular weight is 471 g/mol. The van der Waals surface area contributed by atoms with Crippen molar-refractivity contribution in [2.24, 2.45) is 5.92 Å². The van der Waals surface area contributed by atoms with Crippen LogP contribution < -0.4 is 5.32 Å². The molecule has 1 aromatic carbocycles. The first-order valence-corrected chi connectivity index (χ1v) is 12.8. The van der Waals surface area contributed by atoms with Gasteiger partial charge in [0.15, 0.2) is 4.34 Å². The summed E-state index contributed by atoms with van der Waals surface area (Å²) < 4.78 is 29.9. The quantitative estimate of drug-likeness (QED) is 0.372. The first kappa shape index (κ1) is 22.7. The molecule has 1 N–H and O–H groups in total. The lowest BCUT2D eigenvalue weighted by Crippen LogP contribution is -2.40. The highest BCUT2D eigenvalue weighted by Gasteiger charge is 2.29. The number of esters is 1. The number of rotatable bonds is 7. The van der Waals surface area contributed by atoms with Gasteiger partial charge in [-0.25, -0.2) is 17.5 Å². The number of hydrogen-bond donors (Lipinski definition) is 1. The van der Waals surface area contributed by atoms with Crippen LogP contribution in [0.1, 0.15) is 28.8 Å². The maximum absolute atomic E-state index is 12.4. The number of hydrogen-bond acceptors (Lipinski definition) is 9. The van der Waals surface area contributed by atoms with Gasteiger partial charge in [0.1, 0.15) is 0 Å². The fraction of sp³-hybridized carbons (Fsp3) is 0.444. The Hall–Kier alpha value is -2.02. The molecular weight excluding hydrogens is 448 g/mol. The van der Waals surface area contributed by atoms with Crippen LogP contribution in [-0.4, -0.2) is 61.3 Å². The van der Waals surface area contributed by atoms with Gasteiger partial charge in [-0.3, -0.25) is 4.79 Å². The van der Waals surface area contributed by atoms with Crippen LogP contribution in [0.15, 0.2) is 28.6 Å². The van der Waals surface area contributed by atoms with E-state index in [9.17, 15) is 18.0 Å². The first-order chi connectivity index (χ1) is 14.3. The van der Waals surface area contributed by atoms with E-state index in [4.69, 9.17) is 0 Å². The molecule has 1 saturated heterocycles. The Labute approximate surface area is 183 Å². The number of methoxy groups -OCH3 is 1. The van der Waals surface area contributed by atoms with Crippen LogP contribution in [0.4, 0.5) is 5.13 Å². The van der Waals surface area contributed by atoms with Gasteiger partial charge >= 0.3 is 5.97 Å². The van der Waals surface area contributed by atoms with Gasteiger partial charge in [-0.15, -0.1) is 10.2 Å². The number of amides is 1. The van der Waals surface area contributed by atoms with E-state index in [1.807, 2.05) is 12.1 Å². The monoisotopic (exact) mass is 470 g/mol. The second kappa shape index (κ2) is 9.86. The largest absolute Gasteiger partial charge is 0.465 e. The molecule has 1 amide bonds. The zero-order valence-electron chi connectivity index (χ0n) is 16.5. The van der Waals surface area contributed by atoms with Crippen LogP contribution in [0.25, 0.3) is 0 Å². The van der Waals surface area contributed by atoms with Gasteiger partial charge in [-0.2, -0.15) is 0 Å². The molecule has 2 heterocycles. The molecule has 0 saturated carbocycles. The lowest BCUT2D eigenvalue weighted by Gasteiger charge is -2.29. The molecule has 0 unspecified atom stereocenters. The van der Waals surface area contributed by atoms with Crippen molar-refractivity contribution in [3.05, 3.63) is 35.4 Å². The van der Waals surface area contributed by atoms with Gasteiger partial charge in [-0.05, 0) is 30.5 Å². The van der Waals surface area contributed by atoms with Gasteiger partial charge in [0.25, 0.3) is 0 Å². The number of sulfonamides is 1. The minimum absolute atomic E-state index is 0.158. The summed E-state index contributed by atoms with van der Waals surface area (Å²) in [4.78, 5) is 23.9. The number of ether oxygens (including phenoxy) is 1. The Balaban J connectivity index is 1.48. The molecular formula is C18H22N4O5S3. The highest BCUT2D eigenvalue weighted by molar-refractivity contribution is 8.00. The molecule has 0 spiro atoms. The molecule has 30 heavy (non-hydrogen) atoms. The van der Waals surface area contributed by atoms with Crippen molar-refractivity contribution in [2.45, 2.75) is 22.9 Å². The van der Waals surface area contributed by atoms with Crippen LogP contribution in [0.3, 0.4) is 0 Å². The SMILES string of the molecule is COC(=O)c1ccc(CSc2nnc(NC(=O)C3CCN(S(C)(=O)=O)CC3)s2)cc1. The highest BCUT2D eigenvalue weighted by atomic mass is 32.2. The van der Waals surface area contributed by atoms with E-state index in [0.717, 1.165) is 5.56 Å². The summed E-state index contributed by atoms with van der Waals surface area (Å²) in [7, 11) is -1.87. The van der Waals surface area contributed by atoms with Crippen molar-refractivity contribution in [2.75, 3.05) is 31.8 Å². The van der Waals surface area contributed by atoms with Crippen LogP contribution in [0.2, 0.25) is 0 Å². The molecule has 12 heteroatoms. The van der Waals surface area contributed by atoms with Crippen molar-refractivity contribution in [1.29, 1.82) is 0 Å². The molecule has 2 aromatic rings. The summed E-state index contributed by atoms with van der Waals surface area (Å²) >= 11 is 2.77. The van der Waals surface area contributed by atoms with Crippen LogP contribution in [-0.2, 0) is 25.3 Å². The molecule has 1 aromatic heterocycles. The Morgan fingerprint density at radius 3 is 2.50 bits per heavy atom. The molecule has 0 atom stereocenters.